The monoisotopic (exact) mass is 401 g/mol. The van der Waals surface area contributed by atoms with Gasteiger partial charge in [0.15, 0.2) is 5.65 Å². The van der Waals surface area contributed by atoms with Gasteiger partial charge in [-0.2, -0.15) is 4.98 Å². The Hall–Kier alpha value is -3.32. The van der Waals surface area contributed by atoms with Crippen LogP contribution in [0.1, 0.15) is 18.3 Å². The van der Waals surface area contributed by atoms with Gasteiger partial charge in [0.25, 0.3) is 5.56 Å². The van der Waals surface area contributed by atoms with Crippen LogP contribution in [0.15, 0.2) is 59.4 Å². The highest BCUT2D eigenvalue weighted by Gasteiger charge is 2.29. The smallest absolute Gasteiger partial charge is 0.264 e. The summed E-state index contributed by atoms with van der Waals surface area (Å²) in [5.41, 5.74) is 3.27. The minimum Gasteiger partial charge on any atom is -0.309 e. The number of fused-ring (bicyclic) bond motifs is 2. The van der Waals surface area contributed by atoms with E-state index in [2.05, 4.69) is 33.9 Å². The summed E-state index contributed by atoms with van der Waals surface area (Å²) in [5.74, 6) is 1.19. The molecule has 0 saturated heterocycles. The van der Waals surface area contributed by atoms with E-state index in [9.17, 15) is 4.79 Å². The lowest BCUT2D eigenvalue weighted by Gasteiger charge is -2.23. The van der Waals surface area contributed by atoms with Crippen molar-refractivity contribution in [3.8, 4) is 5.69 Å². The SMILES string of the molecule is Cc1nc2nc(N3c4ccccc4C[C@H]3C)[nH]c(=O)c2c(=S)n1-c1ccccc1. The normalized spacial score (nSPS) is 15.7. The van der Waals surface area contributed by atoms with E-state index in [0.717, 1.165) is 17.8 Å². The molecule has 1 N–H and O–H groups in total. The number of aryl methyl sites for hydroxylation is 1. The van der Waals surface area contributed by atoms with Crippen LogP contribution in [0.25, 0.3) is 16.7 Å². The zero-order valence-electron chi connectivity index (χ0n) is 16.1. The molecule has 5 rings (SSSR count). The van der Waals surface area contributed by atoms with Gasteiger partial charge in [0, 0.05) is 17.4 Å². The van der Waals surface area contributed by atoms with Gasteiger partial charge in [0.05, 0.1) is 0 Å². The van der Waals surface area contributed by atoms with Crippen LogP contribution in [0.3, 0.4) is 0 Å². The minimum atomic E-state index is -0.274. The van der Waals surface area contributed by atoms with Crippen LogP contribution in [-0.4, -0.2) is 25.6 Å². The average Bonchev–Trinajstić information content (AvgIpc) is 3.03. The molecular formula is C22H19N5OS. The maximum Gasteiger partial charge on any atom is 0.264 e. The molecule has 0 radical (unpaired) electrons. The maximum absolute atomic E-state index is 13.0. The number of aromatic amines is 1. The highest BCUT2D eigenvalue weighted by molar-refractivity contribution is 7.71. The van der Waals surface area contributed by atoms with Crippen molar-refractivity contribution in [3.05, 3.63) is 81.0 Å². The van der Waals surface area contributed by atoms with E-state index >= 15 is 0 Å². The third-order valence-electron chi connectivity index (χ3n) is 5.35. The van der Waals surface area contributed by atoms with Gasteiger partial charge in [-0.1, -0.05) is 48.6 Å². The first-order valence-corrected chi connectivity index (χ1v) is 9.91. The molecule has 1 atom stereocenters. The Labute approximate surface area is 172 Å². The number of rotatable bonds is 2. The second-order valence-electron chi connectivity index (χ2n) is 7.28. The Morgan fingerprint density at radius 1 is 1.07 bits per heavy atom. The van der Waals surface area contributed by atoms with Crippen molar-refractivity contribution < 1.29 is 0 Å². The van der Waals surface area contributed by atoms with E-state index in [1.54, 1.807) is 0 Å². The predicted octanol–water partition coefficient (Wildman–Crippen LogP) is 4.23. The fourth-order valence-corrected chi connectivity index (χ4v) is 4.49. The summed E-state index contributed by atoms with van der Waals surface area (Å²) in [5, 5.41) is 0.332. The van der Waals surface area contributed by atoms with Crippen molar-refractivity contribution in [1.29, 1.82) is 0 Å². The molecule has 2 aromatic carbocycles. The van der Waals surface area contributed by atoms with Gasteiger partial charge in [-0.25, -0.2) is 4.98 Å². The zero-order valence-corrected chi connectivity index (χ0v) is 16.9. The number of anilines is 2. The van der Waals surface area contributed by atoms with Crippen LogP contribution in [0.2, 0.25) is 0 Å². The van der Waals surface area contributed by atoms with Gasteiger partial charge in [0.2, 0.25) is 5.95 Å². The number of benzene rings is 2. The van der Waals surface area contributed by atoms with Crippen LogP contribution < -0.4 is 10.5 Å². The number of aromatic nitrogens is 4. The van der Waals surface area contributed by atoms with E-state index in [0.29, 0.717) is 27.4 Å². The molecular weight excluding hydrogens is 382 g/mol. The lowest BCUT2D eigenvalue weighted by molar-refractivity contribution is 0.739. The summed E-state index contributed by atoms with van der Waals surface area (Å²) in [4.78, 5) is 27.4. The first kappa shape index (κ1) is 17.8. The Kier molecular flexibility index (Phi) is 4.06. The predicted molar refractivity (Wildman–Crippen MR) is 117 cm³/mol. The number of nitrogens with one attached hydrogen (secondary N) is 1. The standard InChI is InChI=1S/C22H19N5OS/c1-13-12-15-8-6-7-11-17(15)26(13)22-24-19-18(20(28)25-22)21(29)27(14(2)23-19)16-9-4-3-5-10-16/h3-11,13H,12H2,1-2H3,(H,24,25,28)/t13-/m1/s1. The molecule has 29 heavy (non-hydrogen) atoms. The highest BCUT2D eigenvalue weighted by atomic mass is 32.1. The molecule has 0 amide bonds. The topological polar surface area (TPSA) is 66.8 Å². The molecule has 1 aliphatic rings. The van der Waals surface area contributed by atoms with Gasteiger partial charge in [-0.05, 0) is 44.0 Å². The maximum atomic E-state index is 13.0. The number of para-hydroxylation sites is 2. The summed E-state index contributed by atoms with van der Waals surface area (Å²) in [6.45, 7) is 3.99. The summed E-state index contributed by atoms with van der Waals surface area (Å²) in [6, 6.07) is 18.0. The molecule has 7 heteroatoms. The Balaban J connectivity index is 1.73. The van der Waals surface area contributed by atoms with E-state index in [1.807, 2.05) is 54.0 Å². The molecule has 0 fully saturated rings. The number of H-pyrrole nitrogens is 1. The van der Waals surface area contributed by atoms with E-state index in [-0.39, 0.29) is 11.6 Å². The van der Waals surface area contributed by atoms with Crippen molar-refractivity contribution in [2.45, 2.75) is 26.3 Å². The van der Waals surface area contributed by atoms with Crippen LogP contribution in [-0.2, 0) is 6.42 Å². The number of hydrogen-bond acceptors (Lipinski definition) is 5. The van der Waals surface area contributed by atoms with Crippen LogP contribution >= 0.6 is 12.2 Å². The highest BCUT2D eigenvalue weighted by Crippen LogP contribution is 2.36. The third-order valence-corrected chi connectivity index (χ3v) is 5.73. The Morgan fingerprint density at radius 3 is 2.59 bits per heavy atom. The Morgan fingerprint density at radius 2 is 1.79 bits per heavy atom. The van der Waals surface area contributed by atoms with Crippen molar-refractivity contribution in [2.24, 2.45) is 0 Å². The largest absolute Gasteiger partial charge is 0.309 e. The zero-order chi connectivity index (χ0) is 20.1. The first-order chi connectivity index (χ1) is 14.0. The van der Waals surface area contributed by atoms with Gasteiger partial charge < -0.3 is 4.90 Å². The van der Waals surface area contributed by atoms with Gasteiger partial charge in [-0.3, -0.25) is 14.3 Å². The Bertz CT molecular complexity index is 1360. The third kappa shape index (κ3) is 2.77. The van der Waals surface area contributed by atoms with Crippen molar-refractivity contribution in [3.63, 3.8) is 0 Å². The summed E-state index contributed by atoms with van der Waals surface area (Å²) in [6.07, 6.45) is 0.902. The molecule has 0 unspecified atom stereocenters. The van der Waals surface area contributed by atoms with E-state index in [4.69, 9.17) is 17.2 Å². The number of hydrogen-bond donors (Lipinski definition) is 1. The van der Waals surface area contributed by atoms with Crippen LogP contribution in [0.5, 0.6) is 0 Å². The van der Waals surface area contributed by atoms with Crippen molar-refractivity contribution in [1.82, 2.24) is 19.5 Å². The molecule has 6 nitrogen and oxygen atoms in total. The molecule has 4 aromatic rings. The molecule has 0 saturated carbocycles. The molecule has 144 valence electrons. The molecule has 1 aliphatic heterocycles. The summed E-state index contributed by atoms with van der Waals surface area (Å²) >= 11 is 5.66. The molecule has 3 heterocycles. The number of nitrogens with zero attached hydrogens (tertiary/aromatic N) is 4. The summed E-state index contributed by atoms with van der Waals surface area (Å²) < 4.78 is 2.22. The second-order valence-corrected chi connectivity index (χ2v) is 7.66. The molecule has 2 aromatic heterocycles. The van der Waals surface area contributed by atoms with Crippen molar-refractivity contribution in [2.75, 3.05) is 4.90 Å². The first-order valence-electron chi connectivity index (χ1n) is 9.51. The summed E-state index contributed by atoms with van der Waals surface area (Å²) in [7, 11) is 0. The van der Waals surface area contributed by atoms with Crippen LogP contribution in [0, 0.1) is 11.6 Å². The average molecular weight is 401 g/mol. The van der Waals surface area contributed by atoms with Gasteiger partial charge in [-0.15, -0.1) is 0 Å². The van der Waals surface area contributed by atoms with E-state index in [1.165, 1.54) is 5.56 Å². The fourth-order valence-electron chi connectivity index (χ4n) is 4.07. The van der Waals surface area contributed by atoms with Crippen LogP contribution in [0.4, 0.5) is 11.6 Å². The second kappa shape index (κ2) is 6.63. The van der Waals surface area contributed by atoms with Crippen molar-refractivity contribution >= 4 is 34.9 Å². The minimum absolute atomic E-state index is 0.190. The lowest BCUT2D eigenvalue weighted by atomic mass is 10.1. The molecule has 0 spiro atoms. The van der Waals surface area contributed by atoms with E-state index < -0.39 is 0 Å². The lowest BCUT2D eigenvalue weighted by Crippen LogP contribution is -2.28. The van der Waals surface area contributed by atoms with Gasteiger partial charge in [0.1, 0.15) is 15.9 Å². The van der Waals surface area contributed by atoms with Gasteiger partial charge >= 0.3 is 0 Å². The fraction of sp³-hybridized carbons (Fsp3) is 0.182. The molecule has 0 bridgehead atoms. The molecule has 0 aliphatic carbocycles. The quantitative estimate of drug-likeness (QED) is 0.509.